The summed E-state index contributed by atoms with van der Waals surface area (Å²) in [7, 11) is 0. The topological polar surface area (TPSA) is 52.2 Å². The molecular weight excluding hydrogens is 500 g/mol. The number of piperidine rings is 1. The van der Waals surface area contributed by atoms with Crippen molar-refractivity contribution in [2.24, 2.45) is 0 Å². The van der Waals surface area contributed by atoms with Crippen LogP contribution in [0, 0.1) is 0 Å². The Morgan fingerprint density at radius 1 is 0.974 bits per heavy atom. The zero-order chi connectivity index (χ0) is 27.0. The number of amides is 1. The molecule has 39 heavy (non-hydrogen) atoms. The Kier molecular flexibility index (Phi) is 9.38. The van der Waals surface area contributed by atoms with E-state index < -0.39 is 0 Å². The lowest BCUT2D eigenvalue weighted by Gasteiger charge is -2.32. The molecule has 1 unspecified atom stereocenters. The van der Waals surface area contributed by atoms with Gasteiger partial charge in [0, 0.05) is 30.0 Å². The first kappa shape index (κ1) is 27.5. The number of hydrogen-bond donors (Lipinski definition) is 1. The van der Waals surface area contributed by atoms with Crippen molar-refractivity contribution in [3.05, 3.63) is 95.3 Å². The van der Waals surface area contributed by atoms with Gasteiger partial charge in [-0.2, -0.15) is 0 Å². The molecule has 0 aliphatic carbocycles. The second-order valence-corrected chi connectivity index (χ2v) is 11.4. The molecule has 1 aliphatic rings. The number of hydrogen-bond acceptors (Lipinski definition) is 4. The van der Waals surface area contributed by atoms with Gasteiger partial charge in [-0.1, -0.05) is 56.2 Å². The number of unbranched alkanes of at least 4 members (excludes halogenated alkanes) is 1. The van der Waals surface area contributed by atoms with Gasteiger partial charge in [-0.05, 0) is 86.1 Å². The van der Waals surface area contributed by atoms with Gasteiger partial charge < -0.3 is 9.88 Å². The molecule has 2 heterocycles. The van der Waals surface area contributed by atoms with E-state index in [2.05, 4.69) is 58.3 Å². The van der Waals surface area contributed by atoms with E-state index in [4.69, 9.17) is 4.98 Å². The highest BCUT2D eigenvalue weighted by atomic mass is 32.2. The van der Waals surface area contributed by atoms with Gasteiger partial charge >= 0.3 is 0 Å². The predicted octanol–water partition coefficient (Wildman–Crippen LogP) is 7.50. The third kappa shape index (κ3) is 6.74. The van der Waals surface area contributed by atoms with Gasteiger partial charge in [0.15, 0.2) is 0 Å². The van der Waals surface area contributed by atoms with Crippen LogP contribution in [0.15, 0.2) is 77.7 Å². The first-order valence-corrected chi connectivity index (χ1v) is 15.6. The van der Waals surface area contributed by atoms with E-state index >= 15 is 0 Å². The highest BCUT2D eigenvalue weighted by Crippen LogP contribution is 2.30. The number of H-pyrrole nitrogens is 1. The van der Waals surface area contributed by atoms with Gasteiger partial charge in [-0.3, -0.25) is 9.69 Å². The molecule has 6 heteroatoms. The molecule has 1 aliphatic heterocycles. The fourth-order valence-corrected chi connectivity index (χ4v) is 6.00. The molecule has 5 rings (SSSR count). The smallest absolute Gasteiger partial charge is 0.254 e. The van der Waals surface area contributed by atoms with Crippen LogP contribution < -0.4 is 0 Å². The van der Waals surface area contributed by atoms with Crippen molar-refractivity contribution in [1.82, 2.24) is 19.8 Å². The van der Waals surface area contributed by atoms with Crippen LogP contribution in [0.2, 0.25) is 0 Å². The number of aromatic nitrogens is 2. The summed E-state index contributed by atoms with van der Waals surface area (Å²) in [6.07, 6.45) is 8.63. The number of fused-ring (bicyclic) bond motifs is 1. The molecule has 5 nitrogen and oxygen atoms in total. The molecule has 1 N–H and O–H groups in total. The number of para-hydroxylation sites is 2. The van der Waals surface area contributed by atoms with Gasteiger partial charge in [-0.25, -0.2) is 4.98 Å². The Labute approximate surface area is 237 Å². The maximum absolute atomic E-state index is 14.1. The Morgan fingerprint density at radius 3 is 2.41 bits per heavy atom. The van der Waals surface area contributed by atoms with Gasteiger partial charge in [-0.15, -0.1) is 11.8 Å². The van der Waals surface area contributed by atoms with Gasteiger partial charge in [0.1, 0.15) is 5.82 Å². The van der Waals surface area contributed by atoms with Crippen molar-refractivity contribution in [2.75, 3.05) is 25.9 Å². The minimum Gasteiger partial charge on any atom is -0.340 e. The molecule has 1 saturated heterocycles. The fraction of sp³-hybridized carbons (Fsp3) is 0.394. The number of nitrogens with zero attached hydrogens (tertiary/aromatic N) is 3. The second-order valence-electron chi connectivity index (χ2n) is 10.5. The van der Waals surface area contributed by atoms with E-state index in [1.807, 2.05) is 42.5 Å². The Balaban J connectivity index is 1.53. The lowest BCUT2D eigenvalue weighted by Crippen LogP contribution is -2.38. The molecular formula is C33H40N4OS. The van der Waals surface area contributed by atoms with Crippen LogP contribution in [-0.2, 0) is 13.0 Å². The standard InChI is InChI=1S/C33H40N4OS/c1-3-4-22-37(33(38)25-16-18-28(39-2)19-17-25)31(32-34-29-14-8-9-15-30(29)35-32)23-26-12-6-7-13-27(26)24-36-20-10-5-11-21-36/h6-9,12-19,31H,3-5,10-11,20-24H2,1-2H3,(H,34,35). The minimum absolute atomic E-state index is 0.0649. The molecule has 204 valence electrons. The molecule has 4 aromatic rings. The van der Waals surface area contributed by atoms with Crippen molar-refractivity contribution in [3.8, 4) is 0 Å². The van der Waals surface area contributed by atoms with Crippen molar-refractivity contribution in [3.63, 3.8) is 0 Å². The summed E-state index contributed by atoms with van der Waals surface area (Å²) >= 11 is 1.69. The van der Waals surface area contributed by atoms with E-state index in [0.717, 1.165) is 66.2 Å². The first-order chi connectivity index (χ1) is 19.2. The van der Waals surface area contributed by atoms with Crippen LogP contribution >= 0.6 is 11.8 Å². The molecule has 0 saturated carbocycles. The zero-order valence-corrected chi connectivity index (χ0v) is 24.1. The van der Waals surface area contributed by atoms with E-state index in [-0.39, 0.29) is 11.9 Å². The second kappa shape index (κ2) is 13.3. The lowest BCUT2D eigenvalue weighted by molar-refractivity contribution is 0.0663. The molecule has 1 aromatic heterocycles. The third-order valence-corrected chi connectivity index (χ3v) is 8.57. The monoisotopic (exact) mass is 540 g/mol. The summed E-state index contributed by atoms with van der Waals surface area (Å²) in [5.41, 5.74) is 5.32. The number of benzene rings is 3. The van der Waals surface area contributed by atoms with Crippen molar-refractivity contribution in [1.29, 1.82) is 0 Å². The average molecular weight is 541 g/mol. The first-order valence-electron chi connectivity index (χ1n) is 14.3. The fourth-order valence-electron chi connectivity index (χ4n) is 5.59. The quantitative estimate of drug-likeness (QED) is 0.200. The maximum Gasteiger partial charge on any atom is 0.254 e. The van der Waals surface area contributed by atoms with E-state index in [1.54, 1.807) is 11.8 Å². The number of rotatable bonds is 11. The highest BCUT2D eigenvalue weighted by molar-refractivity contribution is 7.98. The van der Waals surface area contributed by atoms with Crippen molar-refractivity contribution >= 4 is 28.7 Å². The SMILES string of the molecule is CCCCN(C(=O)c1ccc(SC)cc1)C(Cc1ccccc1CN1CCCCC1)c1nc2ccccc2[nH]1. The minimum atomic E-state index is -0.195. The summed E-state index contributed by atoms with van der Waals surface area (Å²) in [6.45, 7) is 6.15. The van der Waals surface area contributed by atoms with E-state index in [1.165, 1.54) is 30.4 Å². The third-order valence-electron chi connectivity index (χ3n) is 7.82. The molecule has 3 aromatic carbocycles. The summed E-state index contributed by atoms with van der Waals surface area (Å²) < 4.78 is 0. The van der Waals surface area contributed by atoms with Gasteiger partial charge in [0.25, 0.3) is 5.91 Å². The molecule has 1 fully saturated rings. The average Bonchev–Trinajstić information content (AvgIpc) is 3.42. The molecule has 0 radical (unpaired) electrons. The highest BCUT2D eigenvalue weighted by Gasteiger charge is 2.29. The molecule has 0 bridgehead atoms. The Bertz CT molecular complexity index is 1330. The van der Waals surface area contributed by atoms with Gasteiger partial charge in [0.05, 0.1) is 17.1 Å². The number of thioether (sulfide) groups is 1. The number of imidazole rings is 1. The lowest BCUT2D eigenvalue weighted by atomic mass is 9.97. The van der Waals surface area contributed by atoms with Crippen LogP contribution in [0.3, 0.4) is 0 Å². The number of aromatic amines is 1. The van der Waals surface area contributed by atoms with Gasteiger partial charge in [0.2, 0.25) is 0 Å². The van der Waals surface area contributed by atoms with E-state index in [9.17, 15) is 4.79 Å². The summed E-state index contributed by atoms with van der Waals surface area (Å²) in [5.74, 6) is 0.921. The summed E-state index contributed by atoms with van der Waals surface area (Å²) in [6, 6.07) is 24.7. The molecule has 0 spiro atoms. The van der Waals surface area contributed by atoms with Crippen LogP contribution in [-0.4, -0.2) is 51.6 Å². The van der Waals surface area contributed by atoms with Crippen LogP contribution in [0.4, 0.5) is 0 Å². The van der Waals surface area contributed by atoms with E-state index in [0.29, 0.717) is 6.54 Å². The summed E-state index contributed by atoms with van der Waals surface area (Å²) in [4.78, 5) is 28.5. The number of nitrogens with one attached hydrogen (secondary N) is 1. The van der Waals surface area contributed by atoms with Crippen LogP contribution in [0.1, 0.15) is 72.4 Å². The zero-order valence-electron chi connectivity index (χ0n) is 23.2. The summed E-state index contributed by atoms with van der Waals surface area (Å²) in [5, 5.41) is 0. The number of likely N-dealkylation sites (tertiary alicyclic amines) is 1. The molecule has 1 amide bonds. The van der Waals surface area contributed by atoms with Crippen molar-refractivity contribution < 1.29 is 4.79 Å². The predicted molar refractivity (Wildman–Crippen MR) is 162 cm³/mol. The Morgan fingerprint density at radius 2 is 1.69 bits per heavy atom. The van der Waals surface area contributed by atoms with Crippen LogP contribution in [0.25, 0.3) is 11.0 Å². The largest absolute Gasteiger partial charge is 0.340 e. The molecule has 1 atom stereocenters. The Hall–Kier alpha value is -3.09. The van der Waals surface area contributed by atoms with Crippen LogP contribution in [0.5, 0.6) is 0 Å². The number of carbonyl (C=O) groups excluding carboxylic acids is 1. The normalized spacial score (nSPS) is 14.9. The maximum atomic E-state index is 14.1. The number of carbonyl (C=O) groups is 1. The van der Waals surface area contributed by atoms with Crippen molar-refractivity contribution in [2.45, 2.75) is 62.9 Å².